The van der Waals surface area contributed by atoms with E-state index < -0.39 is 32.5 Å². The monoisotopic (exact) mass is 436 g/mol. The van der Waals surface area contributed by atoms with Crippen LogP contribution in [0, 0.1) is 12.7 Å². The molecule has 0 aliphatic rings. The maximum absolute atomic E-state index is 13.4. The average molecular weight is 436 g/mol. The van der Waals surface area contributed by atoms with E-state index in [1.807, 2.05) is 17.5 Å². The van der Waals surface area contributed by atoms with E-state index >= 15 is 0 Å². The number of aryl methyl sites for hydroxylation is 1. The van der Waals surface area contributed by atoms with Crippen molar-refractivity contribution in [2.75, 3.05) is 0 Å². The lowest BCUT2D eigenvalue weighted by atomic mass is 10.2. The van der Waals surface area contributed by atoms with E-state index in [4.69, 9.17) is 0 Å². The molecule has 27 heavy (non-hydrogen) atoms. The largest absolute Gasteiger partial charge is 0.419 e. The molecule has 0 radical (unpaired) electrons. The highest BCUT2D eigenvalue weighted by Crippen LogP contribution is 2.33. The fourth-order valence-electron chi connectivity index (χ4n) is 2.23. The lowest BCUT2D eigenvalue weighted by Gasteiger charge is -2.11. The molecular weight excluding hydrogens is 424 g/mol. The number of nitrogens with one attached hydrogen (secondary N) is 1. The molecule has 0 aliphatic carbocycles. The predicted octanol–water partition coefficient (Wildman–Crippen LogP) is 4.82. The topological polar surface area (TPSA) is 59.1 Å². The molecule has 0 saturated heterocycles. The second-order valence-corrected chi connectivity index (χ2v) is 9.27. The highest BCUT2D eigenvalue weighted by atomic mass is 32.2. The minimum Gasteiger partial charge on any atom is -0.240 e. The summed E-state index contributed by atoms with van der Waals surface area (Å²) in [5, 5.41) is 2.62. The molecule has 0 atom stereocenters. The molecule has 4 nitrogen and oxygen atoms in total. The van der Waals surface area contributed by atoms with Crippen LogP contribution in [0.25, 0.3) is 9.88 Å². The SMILES string of the molecule is Cc1nc(-c2cccs2)sc1CNS(=O)(=O)c1ccc(F)c(C(F)(F)F)c1. The van der Waals surface area contributed by atoms with E-state index in [0.29, 0.717) is 16.6 Å². The van der Waals surface area contributed by atoms with Crippen molar-refractivity contribution in [1.82, 2.24) is 9.71 Å². The first-order valence-electron chi connectivity index (χ1n) is 7.44. The third-order valence-electron chi connectivity index (χ3n) is 3.60. The second-order valence-electron chi connectivity index (χ2n) is 5.47. The van der Waals surface area contributed by atoms with Crippen LogP contribution in [0.15, 0.2) is 40.6 Å². The summed E-state index contributed by atoms with van der Waals surface area (Å²) < 4.78 is 78.6. The van der Waals surface area contributed by atoms with Crippen LogP contribution in [-0.2, 0) is 22.7 Å². The zero-order valence-corrected chi connectivity index (χ0v) is 16.1. The van der Waals surface area contributed by atoms with Gasteiger partial charge in [-0.25, -0.2) is 22.5 Å². The van der Waals surface area contributed by atoms with Crippen molar-refractivity contribution in [3.63, 3.8) is 0 Å². The average Bonchev–Trinajstić information content (AvgIpc) is 3.21. The first-order chi connectivity index (χ1) is 12.6. The van der Waals surface area contributed by atoms with Crippen LogP contribution in [0.4, 0.5) is 17.6 Å². The Labute approximate surface area is 160 Å². The zero-order chi connectivity index (χ0) is 19.8. The summed E-state index contributed by atoms with van der Waals surface area (Å²) in [4.78, 5) is 5.30. The van der Waals surface area contributed by atoms with Crippen molar-refractivity contribution < 1.29 is 26.0 Å². The molecule has 0 spiro atoms. The van der Waals surface area contributed by atoms with Crippen LogP contribution >= 0.6 is 22.7 Å². The molecular formula is C16H12F4N2O2S3. The molecule has 0 saturated carbocycles. The number of hydrogen-bond donors (Lipinski definition) is 1. The highest BCUT2D eigenvalue weighted by Gasteiger charge is 2.35. The van der Waals surface area contributed by atoms with E-state index in [0.717, 1.165) is 16.0 Å². The maximum atomic E-state index is 13.4. The summed E-state index contributed by atoms with van der Waals surface area (Å²) in [5.74, 6) is -1.53. The number of hydrogen-bond acceptors (Lipinski definition) is 5. The highest BCUT2D eigenvalue weighted by molar-refractivity contribution is 7.89. The van der Waals surface area contributed by atoms with Gasteiger partial charge >= 0.3 is 6.18 Å². The molecule has 0 bridgehead atoms. The first kappa shape index (κ1) is 19.9. The van der Waals surface area contributed by atoms with E-state index in [1.165, 1.54) is 22.7 Å². The molecule has 11 heteroatoms. The third kappa shape index (κ3) is 4.37. The fourth-order valence-corrected chi connectivity index (χ4v) is 5.14. The minimum atomic E-state index is -4.99. The van der Waals surface area contributed by atoms with Gasteiger partial charge in [-0.3, -0.25) is 0 Å². The standard InChI is InChI=1S/C16H12F4N2O2S3/c1-9-14(26-15(22-9)13-3-2-6-25-13)8-21-27(23,24)10-4-5-12(17)11(7-10)16(18,19)20/h2-7,21H,8H2,1H3. The Morgan fingerprint density at radius 2 is 1.96 bits per heavy atom. The van der Waals surface area contributed by atoms with Gasteiger partial charge in [0.05, 0.1) is 21.0 Å². The van der Waals surface area contributed by atoms with Gasteiger partial charge in [-0.2, -0.15) is 13.2 Å². The van der Waals surface area contributed by atoms with Crippen LogP contribution in [0.1, 0.15) is 16.1 Å². The number of nitrogens with zero attached hydrogens (tertiary/aromatic N) is 1. The van der Waals surface area contributed by atoms with Crippen molar-refractivity contribution >= 4 is 32.7 Å². The molecule has 1 aromatic carbocycles. The number of thiophene rings is 1. The van der Waals surface area contributed by atoms with E-state index in [2.05, 4.69) is 9.71 Å². The van der Waals surface area contributed by atoms with Gasteiger partial charge < -0.3 is 0 Å². The summed E-state index contributed by atoms with van der Waals surface area (Å²) in [6.07, 6.45) is -4.99. The van der Waals surface area contributed by atoms with Gasteiger partial charge in [-0.15, -0.1) is 22.7 Å². The number of benzene rings is 1. The normalized spacial score (nSPS) is 12.5. The van der Waals surface area contributed by atoms with E-state index in [9.17, 15) is 26.0 Å². The lowest BCUT2D eigenvalue weighted by molar-refractivity contribution is -0.140. The van der Waals surface area contributed by atoms with Crippen molar-refractivity contribution in [1.29, 1.82) is 0 Å². The van der Waals surface area contributed by atoms with Gasteiger partial charge in [0.2, 0.25) is 10.0 Å². The number of alkyl halides is 3. The Morgan fingerprint density at radius 3 is 2.59 bits per heavy atom. The lowest BCUT2D eigenvalue weighted by Crippen LogP contribution is -2.24. The van der Waals surface area contributed by atoms with Gasteiger partial charge in [-0.1, -0.05) is 6.07 Å². The number of aromatic nitrogens is 1. The van der Waals surface area contributed by atoms with Gasteiger partial charge in [0.15, 0.2) is 0 Å². The van der Waals surface area contributed by atoms with Crippen LogP contribution in [-0.4, -0.2) is 13.4 Å². The smallest absolute Gasteiger partial charge is 0.240 e. The minimum absolute atomic E-state index is 0.129. The molecule has 3 rings (SSSR count). The van der Waals surface area contributed by atoms with Crippen molar-refractivity contribution in [2.45, 2.75) is 24.5 Å². The van der Waals surface area contributed by atoms with Crippen LogP contribution < -0.4 is 4.72 Å². The number of rotatable bonds is 5. The number of thiazole rings is 1. The third-order valence-corrected chi connectivity index (χ3v) is 7.20. The Hall–Kier alpha value is -1.82. The summed E-state index contributed by atoms with van der Waals surface area (Å²) in [6, 6.07) is 5.32. The van der Waals surface area contributed by atoms with Gasteiger partial charge in [0.25, 0.3) is 0 Å². The Kier molecular flexibility index (Phi) is 5.39. The molecule has 3 aromatic rings. The summed E-state index contributed by atoms with van der Waals surface area (Å²) in [6.45, 7) is 1.59. The molecule has 0 aliphatic heterocycles. The first-order valence-corrected chi connectivity index (χ1v) is 10.6. The van der Waals surface area contributed by atoms with Crippen LogP contribution in [0.3, 0.4) is 0 Å². The van der Waals surface area contributed by atoms with Crippen LogP contribution in [0.2, 0.25) is 0 Å². The quantitative estimate of drug-likeness (QED) is 0.584. The molecule has 1 N–H and O–H groups in total. The van der Waals surface area contributed by atoms with Gasteiger partial charge in [0, 0.05) is 11.4 Å². The fraction of sp³-hybridized carbons (Fsp3) is 0.188. The predicted molar refractivity (Wildman–Crippen MR) is 95.6 cm³/mol. The molecule has 144 valence electrons. The molecule has 2 aromatic heterocycles. The Morgan fingerprint density at radius 1 is 1.22 bits per heavy atom. The zero-order valence-electron chi connectivity index (χ0n) is 13.7. The Balaban J connectivity index is 1.82. The Bertz CT molecular complexity index is 1060. The van der Waals surface area contributed by atoms with E-state index in [1.54, 1.807) is 6.92 Å². The van der Waals surface area contributed by atoms with Crippen molar-refractivity contribution in [3.8, 4) is 9.88 Å². The summed E-state index contributed by atoms with van der Waals surface area (Å²) in [5.41, 5.74) is -1.000. The molecule has 0 fully saturated rings. The van der Waals surface area contributed by atoms with Gasteiger partial charge in [0.1, 0.15) is 10.8 Å². The summed E-state index contributed by atoms with van der Waals surface area (Å²) >= 11 is 2.79. The molecule has 2 heterocycles. The van der Waals surface area contributed by atoms with E-state index in [-0.39, 0.29) is 12.6 Å². The number of sulfonamides is 1. The molecule has 0 amide bonds. The van der Waals surface area contributed by atoms with Crippen molar-refractivity contribution in [2.24, 2.45) is 0 Å². The van der Waals surface area contributed by atoms with Crippen molar-refractivity contribution in [3.05, 3.63) is 57.7 Å². The number of halogens is 4. The van der Waals surface area contributed by atoms with Crippen LogP contribution in [0.5, 0.6) is 0 Å². The van der Waals surface area contributed by atoms with Gasteiger partial charge in [-0.05, 0) is 36.6 Å². The maximum Gasteiger partial charge on any atom is 0.419 e. The second kappa shape index (κ2) is 7.30. The summed E-state index contributed by atoms with van der Waals surface area (Å²) in [7, 11) is -4.25. The molecule has 0 unspecified atom stereocenters.